The second-order valence-corrected chi connectivity index (χ2v) is 6.60. The lowest BCUT2D eigenvalue weighted by molar-refractivity contribution is 0.414. The summed E-state index contributed by atoms with van der Waals surface area (Å²) in [5, 5.41) is 4.58. The second-order valence-electron chi connectivity index (χ2n) is 5.79. The number of benzene rings is 2. The van der Waals surface area contributed by atoms with Crippen LogP contribution in [0.15, 0.2) is 42.5 Å². The first-order valence-electron chi connectivity index (χ1n) is 7.36. The Balaban J connectivity index is 2.01. The summed E-state index contributed by atoms with van der Waals surface area (Å²) < 4.78 is 0. The maximum atomic E-state index is 6.21. The van der Waals surface area contributed by atoms with Crippen LogP contribution in [0.25, 0.3) is 0 Å². The van der Waals surface area contributed by atoms with E-state index in [1.165, 1.54) is 16.7 Å². The Hall–Kier alpha value is -1.02. The van der Waals surface area contributed by atoms with Gasteiger partial charge in [-0.05, 0) is 61.2 Å². The summed E-state index contributed by atoms with van der Waals surface area (Å²) >= 11 is 12.3. The Bertz CT molecular complexity index is 639. The molecule has 1 nitrogen and oxygen atoms in total. The molecule has 1 aliphatic carbocycles. The monoisotopic (exact) mass is 319 g/mol. The molecule has 1 aliphatic rings. The maximum absolute atomic E-state index is 6.21. The first-order valence-corrected chi connectivity index (χ1v) is 8.12. The number of hydrogen-bond donors (Lipinski definition) is 1. The molecular weight excluding hydrogens is 301 g/mol. The zero-order valence-corrected chi connectivity index (χ0v) is 13.6. The Kier molecular flexibility index (Phi) is 4.54. The van der Waals surface area contributed by atoms with Gasteiger partial charge in [0, 0.05) is 5.92 Å². The summed E-state index contributed by atoms with van der Waals surface area (Å²) in [5.41, 5.74) is 4.15. The van der Waals surface area contributed by atoms with Crippen LogP contribution in [0.3, 0.4) is 0 Å². The minimum Gasteiger partial charge on any atom is -0.319 e. The van der Waals surface area contributed by atoms with E-state index in [0.717, 1.165) is 19.4 Å². The molecule has 2 aromatic rings. The van der Waals surface area contributed by atoms with Crippen molar-refractivity contribution in [1.82, 2.24) is 5.32 Å². The average Bonchev–Trinajstić information content (AvgIpc) is 2.50. The average molecular weight is 320 g/mol. The lowest BCUT2D eigenvalue weighted by Crippen LogP contribution is -2.27. The summed E-state index contributed by atoms with van der Waals surface area (Å²) in [6.45, 7) is 1.05. The summed E-state index contributed by atoms with van der Waals surface area (Å²) in [4.78, 5) is 0. The Labute approximate surface area is 136 Å². The van der Waals surface area contributed by atoms with Gasteiger partial charge in [0.15, 0.2) is 0 Å². The predicted octanol–water partition coefficient (Wildman–Crippen LogP) is 4.91. The molecule has 2 aromatic carbocycles. The Morgan fingerprint density at radius 3 is 2.67 bits per heavy atom. The third-order valence-electron chi connectivity index (χ3n) is 4.35. The maximum Gasteiger partial charge on any atom is 0.0595 e. The van der Waals surface area contributed by atoms with E-state index in [2.05, 4.69) is 35.6 Å². The van der Waals surface area contributed by atoms with Crippen LogP contribution < -0.4 is 5.32 Å². The number of nitrogens with one attached hydrogen (secondary N) is 1. The van der Waals surface area contributed by atoms with Gasteiger partial charge in [-0.1, -0.05) is 53.5 Å². The van der Waals surface area contributed by atoms with E-state index in [1.54, 1.807) is 0 Å². The molecule has 0 unspecified atom stereocenters. The molecule has 0 fully saturated rings. The van der Waals surface area contributed by atoms with Crippen molar-refractivity contribution in [2.24, 2.45) is 5.92 Å². The Morgan fingerprint density at radius 1 is 1.10 bits per heavy atom. The van der Waals surface area contributed by atoms with Crippen molar-refractivity contribution in [3.63, 3.8) is 0 Å². The molecule has 3 rings (SSSR count). The summed E-state index contributed by atoms with van der Waals surface area (Å²) in [5.74, 6) is 1.06. The van der Waals surface area contributed by atoms with Crippen molar-refractivity contribution in [1.29, 1.82) is 0 Å². The van der Waals surface area contributed by atoms with Gasteiger partial charge in [0.1, 0.15) is 0 Å². The molecule has 0 spiro atoms. The zero-order chi connectivity index (χ0) is 14.8. The lowest BCUT2D eigenvalue weighted by Gasteiger charge is -2.32. The molecule has 1 N–H and O–H groups in total. The van der Waals surface area contributed by atoms with Crippen molar-refractivity contribution in [3.05, 3.63) is 69.2 Å². The van der Waals surface area contributed by atoms with Gasteiger partial charge in [0.2, 0.25) is 0 Å². The quantitative estimate of drug-likeness (QED) is 0.847. The van der Waals surface area contributed by atoms with Gasteiger partial charge in [-0.15, -0.1) is 0 Å². The molecule has 0 bridgehead atoms. The first kappa shape index (κ1) is 14.9. The number of halogens is 2. The van der Waals surface area contributed by atoms with Gasteiger partial charge in [-0.3, -0.25) is 0 Å². The van der Waals surface area contributed by atoms with Crippen LogP contribution >= 0.6 is 23.2 Å². The fourth-order valence-corrected chi connectivity index (χ4v) is 3.71. The Morgan fingerprint density at radius 2 is 1.90 bits per heavy atom. The van der Waals surface area contributed by atoms with Gasteiger partial charge in [0.25, 0.3) is 0 Å². The van der Waals surface area contributed by atoms with Crippen LogP contribution in [-0.4, -0.2) is 13.6 Å². The number of hydrogen-bond acceptors (Lipinski definition) is 1. The van der Waals surface area contributed by atoms with Crippen molar-refractivity contribution >= 4 is 23.2 Å². The fourth-order valence-electron chi connectivity index (χ4n) is 3.40. The highest BCUT2D eigenvalue weighted by molar-refractivity contribution is 6.42. The van der Waals surface area contributed by atoms with Crippen molar-refractivity contribution in [2.75, 3.05) is 13.6 Å². The summed E-state index contributed by atoms with van der Waals surface area (Å²) in [7, 11) is 2.02. The van der Waals surface area contributed by atoms with Gasteiger partial charge in [-0.25, -0.2) is 0 Å². The SMILES string of the molecule is CNC[C@H]1Cc2ccccc2[C@@H](c2ccc(Cl)c(Cl)c2)C1. The normalized spacial score (nSPS) is 21.1. The topological polar surface area (TPSA) is 12.0 Å². The third kappa shape index (κ3) is 3.11. The molecule has 0 saturated carbocycles. The van der Waals surface area contributed by atoms with Crippen molar-refractivity contribution in [3.8, 4) is 0 Å². The first-order chi connectivity index (χ1) is 10.2. The molecule has 0 saturated heterocycles. The highest BCUT2D eigenvalue weighted by Crippen LogP contribution is 2.40. The molecule has 110 valence electrons. The van der Waals surface area contributed by atoms with Crippen LogP contribution in [0.5, 0.6) is 0 Å². The molecule has 0 aromatic heterocycles. The van der Waals surface area contributed by atoms with E-state index in [9.17, 15) is 0 Å². The molecule has 0 radical (unpaired) electrons. The van der Waals surface area contributed by atoms with E-state index in [0.29, 0.717) is 21.9 Å². The van der Waals surface area contributed by atoms with Crippen molar-refractivity contribution < 1.29 is 0 Å². The third-order valence-corrected chi connectivity index (χ3v) is 5.09. The molecular formula is C18H19Cl2N. The van der Waals surface area contributed by atoms with Crippen LogP contribution in [0.1, 0.15) is 29.0 Å². The molecule has 0 amide bonds. The minimum atomic E-state index is 0.406. The van der Waals surface area contributed by atoms with Gasteiger partial charge in [-0.2, -0.15) is 0 Å². The van der Waals surface area contributed by atoms with Crippen LogP contribution in [0, 0.1) is 5.92 Å². The van der Waals surface area contributed by atoms with E-state index in [-0.39, 0.29) is 0 Å². The van der Waals surface area contributed by atoms with Gasteiger partial charge in [0.05, 0.1) is 10.0 Å². The standard InChI is InChI=1S/C18H19Cl2N/c1-21-11-12-8-13-4-2-3-5-15(13)16(9-12)14-6-7-17(19)18(20)10-14/h2-7,10,12,16,21H,8-9,11H2,1H3/t12-,16+/m0/s1. The van der Waals surface area contributed by atoms with Crippen LogP contribution in [-0.2, 0) is 6.42 Å². The molecule has 3 heteroatoms. The van der Waals surface area contributed by atoms with Crippen LogP contribution in [0.2, 0.25) is 10.0 Å². The molecule has 21 heavy (non-hydrogen) atoms. The molecule has 0 heterocycles. The minimum absolute atomic E-state index is 0.406. The summed E-state index contributed by atoms with van der Waals surface area (Å²) in [6.07, 6.45) is 2.30. The summed E-state index contributed by atoms with van der Waals surface area (Å²) in [6, 6.07) is 14.8. The zero-order valence-electron chi connectivity index (χ0n) is 12.1. The number of fused-ring (bicyclic) bond motifs is 1. The fraction of sp³-hybridized carbons (Fsp3) is 0.333. The highest BCUT2D eigenvalue weighted by atomic mass is 35.5. The van der Waals surface area contributed by atoms with E-state index in [1.807, 2.05) is 19.2 Å². The smallest absolute Gasteiger partial charge is 0.0595 e. The van der Waals surface area contributed by atoms with Gasteiger partial charge < -0.3 is 5.32 Å². The lowest BCUT2D eigenvalue weighted by atomic mass is 9.74. The number of rotatable bonds is 3. The van der Waals surface area contributed by atoms with E-state index < -0.39 is 0 Å². The van der Waals surface area contributed by atoms with E-state index in [4.69, 9.17) is 23.2 Å². The van der Waals surface area contributed by atoms with Crippen LogP contribution in [0.4, 0.5) is 0 Å². The second kappa shape index (κ2) is 6.39. The predicted molar refractivity (Wildman–Crippen MR) is 90.5 cm³/mol. The van der Waals surface area contributed by atoms with E-state index >= 15 is 0 Å². The largest absolute Gasteiger partial charge is 0.319 e. The molecule has 0 aliphatic heterocycles. The van der Waals surface area contributed by atoms with Crippen molar-refractivity contribution in [2.45, 2.75) is 18.8 Å². The molecule has 2 atom stereocenters. The highest BCUT2D eigenvalue weighted by Gasteiger charge is 2.27. The van der Waals surface area contributed by atoms with Gasteiger partial charge >= 0.3 is 0 Å².